The minimum atomic E-state index is -3.52. The van der Waals surface area contributed by atoms with Crippen molar-refractivity contribution in [2.45, 2.75) is 49.1 Å². The lowest BCUT2D eigenvalue weighted by Gasteiger charge is -2.23. The predicted octanol–water partition coefficient (Wildman–Crippen LogP) is 1.49. The van der Waals surface area contributed by atoms with Crippen LogP contribution >= 0.6 is 0 Å². The maximum absolute atomic E-state index is 12.9. The van der Waals surface area contributed by atoms with E-state index in [-0.39, 0.29) is 35.7 Å². The Morgan fingerprint density at radius 1 is 1.31 bits per heavy atom. The van der Waals surface area contributed by atoms with Crippen LogP contribution in [0.25, 0.3) is 0 Å². The number of hydrogen-bond acceptors (Lipinski definition) is 6. The molecule has 7 heteroatoms. The number of rotatable bonds is 9. The lowest BCUT2D eigenvalue weighted by Crippen LogP contribution is -2.36. The van der Waals surface area contributed by atoms with Gasteiger partial charge in [0, 0.05) is 19.4 Å². The van der Waals surface area contributed by atoms with Gasteiger partial charge in [-0.1, -0.05) is 23.8 Å². The summed E-state index contributed by atoms with van der Waals surface area (Å²) in [5, 5.41) is 18.8. The fourth-order valence-electron chi connectivity index (χ4n) is 3.44. The lowest BCUT2D eigenvalue weighted by molar-refractivity contribution is -0.0394. The number of hydrogen-bond donors (Lipinski definition) is 2. The molecule has 26 heavy (non-hydrogen) atoms. The zero-order chi connectivity index (χ0) is 19.3. The molecular formula is C19H28O6S. The van der Waals surface area contributed by atoms with E-state index in [1.165, 1.54) is 7.11 Å². The molecule has 146 valence electrons. The van der Waals surface area contributed by atoms with Gasteiger partial charge in [-0.25, -0.2) is 8.42 Å². The Kier molecular flexibility index (Phi) is 7.37. The summed E-state index contributed by atoms with van der Waals surface area (Å²) in [6, 6.07) is 6.76. The molecular weight excluding hydrogens is 356 g/mol. The Morgan fingerprint density at radius 3 is 2.50 bits per heavy atom. The summed E-state index contributed by atoms with van der Waals surface area (Å²) in [7, 11) is -2.01. The summed E-state index contributed by atoms with van der Waals surface area (Å²) in [6.07, 6.45) is 0.0895. The van der Waals surface area contributed by atoms with Crippen molar-refractivity contribution >= 4 is 9.84 Å². The van der Waals surface area contributed by atoms with Crippen molar-refractivity contribution in [2.24, 2.45) is 5.92 Å². The van der Waals surface area contributed by atoms with Gasteiger partial charge >= 0.3 is 0 Å². The Hall–Kier alpha value is -1.25. The van der Waals surface area contributed by atoms with Gasteiger partial charge in [0.1, 0.15) is 0 Å². The molecule has 1 fully saturated rings. The molecule has 0 amide bonds. The van der Waals surface area contributed by atoms with Gasteiger partial charge < -0.3 is 19.7 Å². The number of methoxy groups -OCH3 is 1. The first-order valence-corrected chi connectivity index (χ1v) is 10.3. The van der Waals surface area contributed by atoms with Gasteiger partial charge in [0.05, 0.1) is 41.7 Å². The third-order valence-electron chi connectivity index (χ3n) is 4.79. The van der Waals surface area contributed by atoms with E-state index >= 15 is 0 Å². The summed E-state index contributed by atoms with van der Waals surface area (Å²) in [6.45, 7) is 5.24. The summed E-state index contributed by atoms with van der Waals surface area (Å²) in [5.74, 6) is -0.501. The van der Waals surface area contributed by atoms with Gasteiger partial charge in [-0.05, 0) is 25.5 Å². The van der Waals surface area contributed by atoms with E-state index < -0.39 is 28.1 Å². The zero-order valence-corrected chi connectivity index (χ0v) is 16.1. The fraction of sp³-hybridized carbons (Fsp3) is 0.579. The molecule has 0 unspecified atom stereocenters. The van der Waals surface area contributed by atoms with Crippen LogP contribution in [-0.2, 0) is 19.3 Å². The Balaban J connectivity index is 2.24. The van der Waals surface area contributed by atoms with E-state index in [4.69, 9.17) is 14.6 Å². The highest BCUT2D eigenvalue weighted by molar-refractivity contribution is 7.91. The normalized spacial score (nSPS) is 27.4. The summed E-state index contributed by atoms with van der Waals surface area (Å²) >= 11 is 0. The highest BCUT2D eigenvalue weighted by atomic mass is 32.2. The molecule has 6 nitrogen and oxygen atoms in total. The van der Waals surface area contributed by atoms with Crippen LogP contribution in [0, 0.1) is 12.8 Å². The summed E-state index contributed by atoms with van der Waals surface area (Å²) in [5.41, 5.74) is 0.991. The van der Waals surface area contributed by atoms with Crippen LogP contribution in [0.4, 0.5) is 0 Å². The maximum atomic E-state index is 12.9. The molecule has 2 rings (SSSR count). The third-order valence-corrected chi connectivity index (χ3v) is 6.61. The van der Waals surface area contributed by atoms with E-state index in [9.17, 15) is 13.5 Å². The van der Waals surface area contributed by atoms with Crippen molar-refractivity contribution in [1.82, 2.24) is 0 Å². The monoisotopic (exact) mass is 384 g/mol. The molecule has 1 aliphatic rings. The quantitative estimate of drug-likeness (QED) is 0.627. The molecule has 1 heterocycles. The number of ether oxygens (including phenoxy) is 2. The molecule has 0 radical (unpaired) electrons. The van der Waals surface area contributed by atoms with Crippen LogP contribution in [0.5, 0.6) is 0 Å². The van der Waals surface area contributed by atoms with Crippen LogP contribution in [-0.4, -0.2) is 62.5 Å². The maximum Gasteiger partial charge on any atom is 0.178 e. The molecule has 1 aliphatic heterocycles. The highest BCUT2D eigenvalue weighted by Gasteiger charge is 2.46. The summed E-state index contributed by atoms with van der Waals surface area (Å²) in [4.78, 5) is 0.272. The van der Waals surface area contributed by atoms with Gasteiger partial charge in [-0.3, -0.25) is 0 Å². The van der Waals surface area contributed by atoms with Crippen molar-refractivity contribution in [2.75, 3.05) is 19.5 Å². The molecule has 1 saturated heterocycles. The summed E-state index contributed by atoms with van der Waals surface area (Å²) < 4.78 is 37.2. The molecule has 0 aromatic heterocycles. The topological polar surface area (TPSA) is 93.1 Å². The van der Waals surface area contributed by atoms with Crippen LogP contribution < -0.4 is 0 Å². The molecule has 0 spiro atoms. The van der Waals surface area contributed by atoms with Crippen molar-refractivity contribution in [3.8, 4) is 0 Å². The largest absolute Gasteiger partial charge is 0.394 e. The SMILES string of the molecule is C=CC[C@@H]1O[C@H](C[C@H](O)CO)[C@@H](OC)[C@H]1CS(=O)(=O)c1ccc(C)cc1. The van der Waals surface area contributed by atoms with Gasteiger partial charge in [0.25, 0.3) is 0 Å². The Bertz CT molecular complexity index is 684. The minimum absolute atomic E-state index is 0.112. The number of aliphatic hydroxyl groups is 2. The third kappa shape index (κ3) is 4.92. The predicted molar refractivity (Wildman–Crippen MR) is 98.7 cm³/mol. The van der Waals surface area contributed by atoms with Crippen molar-refractivity contribution in [3.05, 3.63) is 42.5 Å². The van der Waals surface area contributed by atoms with E-state index in [0.717, 1.165) is 5.56 Å². The molecule has 1 aromatic rings. The number of aliphatic hydroxyl groups excluding tert-OH is 2. The Labute approximate surface area is 155 Å². The van der Waals surface area contributed by atoms with E-state index in [1.54, 1.807) is 30.3 Å². The fourth-order valence-corrected chi connectivity index (χ4v) is 5.10. The number of aryl methyl sites for hydroxylation is 1. The van der Waals surface area contributed by atoms with Gasteiger partial charge in [0.2, 0.25) is 0 Å². The first-order chi connectivity index (χ1) is 12.3. The van der Waals surface area contributed by atoms with E-state index in [2.05, 4.69) is 6.58 Å². The van der Waals surface area contributed by atoms with Crippen LogP contribution in [0.3, 0.4) is 0 Å². The second-order valence-electron chi connectivity index (χ2n) is 6.77. The molecule has 0 saturated carbocycles. The second-order valence-corrected chi connectivity index (χ2v) is 8.80. The molecule has 0 aliphatic carbocycles. The smallest absolute Gasteiger partial charge is 0.178 e. The van der Waals surface area contributed by atoms with E-state index in [1.807, 2.05) is 6.92 Å². The molecule has 5 atom stereocenters. The van der Waals surface area contributed by atoms with E-state index in [0.29, 0.717) is 6.42 Å². The second kappa shape index (κ2) is 9.10. The lowest BCUT2D eigenvalue weighted by atomic mass is 9.94. The van der Waals surface area contributed by atoms with Crippen LogP contribution in [0.15, 0.2) is 41.8 Å². The zero-order valence-electron chi connectivity index (χ0n) is 15.2. The highest BCUT2D eigenvalue weighted by Crippen LogP contribution is 2.35. The molecule has 2 N–H and O–H groups in total. The molecule has 1 aromatic carbocycles. The Morgan fingerprint density at radius 2 is 1.96 bits per heavy atom. The number of sulfone groups is 1. The van der Waals surface area contributed by atoms with Gasteiger partial charge in [-0.15, -0.1) is 6.58 Å². The number of benzene rings is 1. The van der Waals surface area contributed by atoms with Crippen LogP contribution in [0.1, 0.15) is 18.4 Å². The van der Waals surface area contributed by atoms with Gasteiger partial charge in [0.15, 0.2) is 9.84 Å². The molecule has 0 bridgehead atoms. The average Bonchev–Trinajstić information content (AvgIpc) is 2.91. The standard InChI is InChI=1S/C19H28O6S/c1-4-5-17-16(19(24-3)18(25-17)10-14(21)11-20)12-26(22,23)15-8-6-13(2)7-9-15/h4,6-9,14,16-21H,1,5,10-12H2,2-3H3/t14-,16-,17-,18+,19-/m0/s1. The average molecular weight is 384 g/mol. The van der Waals surface area contributed by atoms with Crippen molar-refractivity contribution in [3.63, 3.8) is 0 Å². The van der Waals surface area contributed by atoms with Crippen LogP contribution in [0.2, 0.25) is 0 Å². The van der Waals surface area contributed by atoms with Gasteiger partial charge in [-0.2, -0.15) is 0 Å². The van der Waals surface area contributed by atoms with Crippen molar-refractivity contribution in [1.29, 1.82) is 0 Å². The first kappa shape index (κ1) is 21.1. The van der Waals surface area contributed by atoms with Crippen molar-refractivity contribution < 1.29 is 28.1 Å². The minimum Gasteiger partial charge on any atom is -0.394 e. The first-order valence-electron chi connectivity index (χ1n) is 8.70.